The zero-order chi connectivity index (χ0) is 48.6. The fourth-order valence-electron chi connectivity index (χ4n) is 8.34. The van der Waals surface area contributed by atoms with Crippen molar-refractivity contribution < 1.29 is 76.0 Å². The Hall–Kier alpha value is -5.18. The van der Waals surface area contributed by atoms with E-state index in [0.717, 1.165) is 29.4 Å². The van der Waals surface area contributed by atoms with Gasteiger partial charge < -0.3 is 62.2 Å². The van der Waals surface area contributed by atoms with Crippen molar-refractivity contribution in [1.82, 2.24) is 5.32 Å². The zero-order valence-electron chi connectivity index (χ0n) is 38.0. The fourth-order valence-corrected chi connectivity index (χ4v) is 8.47. The minimum atomic E-state index is -2.40. The third-order valence-corrected chi connectivity index (χ3v) is 12.0. The van der Waals surface area contributed by atoms with Crippen LogP contribution in [-0.2, 0) is 97.7 Å². The Morgan fingerprint density at radius 3 is 1.72 bits per heavy atom. The van der Waals surface area contributed by atoms with Crippen LogP contribution in [0, 0.1) is 0 Å². The third-order valence-electron chi connectivity index (χ3n) is 11.6. The largest absolute Gasteiger partial charge is 0.465 e. The summed E-state index contributed by atoms with van der Waals surface area (Å²) in [6.45, 7) is -0.332. The second-order valence-electron chi connectivity index (χ2n) is 16.3. The second-order valence-corrected chi connectivity index (χ2v) is 16.8. The summed E-state index contributed by atoms with van der Waals surface area (Å²) in [5.41, 5.74) is 3.39. The molecule has 0 spiro atoms. The van der Waals surface area contributed by atoms with Crippen molar-refractivity contribution in [1.29, 1.82) is 0 Å². The van der Waals surface area contributed by atoms with Gasteiger partial charge in [0.15, 0.2) is 18.5 Å². The van der Waals surface area contributed by atoms with E-state index in [1.54, 1.807) is 0 Å². The maximum absolute atomic E-state index is 14.3. The Morgan fingerprint density at radius 2 is 1.20 bits per heavy atom. The fraction of sp³-hybridized carbons (Fsp3) is 0.440. The van der Waals surface area contributed by atoms with Crippen LogP contribution in [0.4, 0.5) is 4.79 Å². The summed E-state index contributed by atoms with van der Waals surface area (Å²) in [6, 6.07) is 36.6. The summed E-state index contributed by atoms with van der Waals surface area (Å²) in [7, 11) is 2.59. The standard InChI is InChI=1S/C50H55Cl2NO16/c1-58-47-46(63-29-35-21-13-6-14-22-35)45(62-28-34-19-11-5-12-20-34)42(61-27-33-17-9-4-10-18-33)38(66-47)31-64-50(48(56)59-2)23-36-41(53-49(57)67-36)44(69-50)43(68-40(55)25-52)37(65-39(54)24-51)30-60-26-32-15-7-3-8-16-32/h3-22,36-38,41-47H,23-31H2,1-2H3,(H,53,57)/t36-,37+,38+,41+,42+,43+,44+,45-,46+,47-,50+/m0/s1. The van der Waals surface area contributed by atoms with Gasteiger partial charge >= 0.3 is 24.0 Å². The van der Waals surface area contributed by atoms with Crippen LogP contribution in [0.1, 0.15) is 28.7 Å². The van der Waals surface area contributed by atoms with E-state index >= 15 is 0 Å². The van der Waals surface area contributed by atoms with Gasteiger partial charge in [0.05, 0.1) is 59.2 Å². The molecule has 11 atom stereocenters. The van der Waals surface area contributed by atoms with Crippen LogP contribution in [0.25, 0.3) is 0 Å². The van der Waals surface area contributed by atoms with E-state index in [1.165, 1.54) is 7.11 Å². The molecule has 1 amide bonds. The lowest BCUT2D eigenvalue weighted by Crippen LogP contribution is -2.67. The van der Waals surface area contributed by atoms with Crippen LogP contribution in [0.5, 0.6) is 0 Å². The summed E-state index contributed by atoms with van der Waals surface area (Å²) in [6.07, 6.45) is -11.9. The molecule has 3 saturated heterocycles. The Morgan fingerprint density at radius 1 is 0.696 bits per heavy atom. The molecule has 69 heavy (non-hydrogen) atoms. The normalized spacial score (nSPS) is 26.1. The van der Waals surface area contributed by atoms with E-state index in [1.807, 2.05) is 121 Å². The zero-order valence-corrected chi connectivity index (χ0v) is 39.5. The van der Waals surface area contributed by atoms with Crippen molar-refractivity contribution in [2.75, 3.05) is 39.2 Å². The summed E-state index contributed by atoms with van der Waals surface area (Å²) in [5, 5.41) is 2.68. The van der Waals surface area contributed by atoms with Gasteiger partial charge in [-0.15, -0.1) is 23.2 Å². The number of hydrogen-bond acceptors (Lipinski definition) is 16. The lowest BCUT2D eigenvalue weighted by Gasteiger charge is -2.48. The van der Waals surface area contributed by atoms with Crippen molar-refractivity contribution in [3.8, 4) is 0 Å². The number of benzene rings is 4. The van der Waals surface area contributed by atoms with Crippen molar-refractivity contribution in [2.45, 2.75) is 99.8 Å². The Kier molecular flexibility index (Phi) is 19.2. The molecule has 0 aromatic heterocycles. The molecule has 19 heteroatoms. The molecule has 0 saturated carbocycles. The van der Waals surface area contributed by atoms with Crippen LogP contribution in [0.3, 0.4) is 0 Å². The van der Waals surface area contributed by atoms with Crippen LogP contribution in [-0.4, -0.2) is 130 Å². The summed E-state index contributed by atoms with van der Waals surface area (Å²) < 4.78 is 74.4. The highest BCUT2D eigenvalue weighted by atomic mass is 35.5. The third kappa shape index (κ3) is 13.8. The van der Waals surface area contributed by atoms with Gasteiger partial charge in [0.25, 0.3) is 5.79 Å². The number of alkyl carbamates (subject to hydrolysis) is 1. The molecule has 3 fully saturated rings. The lowest BCUT2D eigenvalue weighted by molar-refractivity contribution is -0.346. The number of alkyl halides is 2. The molecule has 0 aliphatic carbocycles. The van der Waals surface area contributed by atoms with Gasteiger partial charge in [0.2, 0.25) is 0 Å². The van der Waals surface area contributed by atoms with Crippen LogP contribution < -0.4 is 5.32 Å². The Bertz CT molecular complexity index is 2230. The monoisotopic (exact) mass is 995 g/mol. The van der Waals surface area contributed by atoms with E-state index in [9.17, 15) is 19.2 Å². The molecule has 370 valence electrons. The van der Waals surface area contributed by atoms with Crippen LogP contribution in [0.2, 0.25) is 0 Å². The van der Waals surface area contributed by atoms with E-state index in [2.05, 4.69) is 5.32 Å². The average molecular weight is 997 g/mol. The number of fused-ring (bicyclic) bond motifs is 1. The van der Waals surface area contributed by atoms with Crippen molar-refractivity contribution in [3.63, 3.8) is 0 Å². The molecule has 4 aromatic carbocycles. The number of halogens is 2. The molecule has 3 aliphatic rings. The highest BCUT2D eigenvalue weighted by Crippen LogP contribution is 2.40. The predicted octanol–water partition coefficient (Wildman–Crippen LogP) is 5.78. The molecular weight excluding hydrogens is 941 g/mol. The lowest BCUT2D eigenvalue weighted by atomic mass is 9.88. The van der Waals surface area contributed by atoms with E-state index in [4.69, 9.17) is 80.0 Å². The molecule has 17 nitrogen and oxygen atoms in total. The number of carbonyl (C=O) groups is 4. The average Bonchev–Trinajstić information content (AvgIpc) is 3.77. The van der Waals surface area contributed by atoms with Gasteiger partial charge in [0.1, 0.15) is 48.4 Å². The second kappa shape index (κ2) is 25.6. The number of hydrogen-bond donors (Lipinski definition) is 1. The van der Waals surface area contributed by atoms with Gasteiger partial charge in [-0.2, -0.15) is 0 Å². The molecule has 4 aromatic rings. The van der Waals surface area contributed by atoms with Crippen molar-refractivity contribution in [2.24, 2.45) is 0 Å². The molecule has 3 heterocycles. The summed E-state index contributed by atoms with van der Waals surface area (Å²) in [5.74, 6) is -6.52. The number of methoxy groups -OCH3 is 2. The van der Waals surface area contributed by atoms with Gasteiger partial charge in [-0.1, -0.05) is 121 Å². The first-order valence-corrected chi connectivity index (χ1v) is 23.3. The van der Waals surface area contributed by atoms with E-state index < -0.39 is 116 Å². The molecule has 3 aliphatic heterocycles. The first-order valence-electron chi connectivity index (χ1n) is 22.3. The van der Waals surface area contributed by atoms with Crippen LogP contribution in [0.15, 0.2) is 121 Å². The topological polar surface area (TPSA) is 191 Å². The molecular formula is C50H55Cl2NO16. The maximum atomic E-state index is 14.3. The van der Waals surface area contributed by atoms with Gasteiger partial charge in [-0.25, -0.2) is 9.59 Å². The van der Waals surface area contributed by atoms with Gasteiger partial charge in [-0.05, 0) is 22.3 Å². The first-order chi connectivity index (χ1) is 33.6. The maximum Gasteiger partial charge on any atom is 0.407 e. The van der Waals surface area contributed by atoms with E-state index in [0.29, 0.717) is 0 Å². The number of amides is 1. The predicted molar refractivity (Wildman–Crippen MR) is 245 cm³/mol. The smallest absolute Gasteiger partial charge is 0.407 e. The van der Waals surface area contributed by atoms with Crippen molar-refractivity contribution >= 4 is 47.2 Å². The Labute approximate surface area is 409 Å². The summed E-state index contributed by atoms with van der Waals surface area (Å²) >= 11 is 11.9. The number of esters is 3. The quantitative estimate of drug-likeness (QED) is 0.0504. The summed E-state index contributed by atoms with van der Waals surface area (Å²) in [4.78, 5) is 53.3. The molecule has 1 N–H and O–H groups in total. The van der Waals surface area contributed by atoms with Crippen molar-refractivity contribution in [3.05, 3.63) is 144 Å². The highest BCUT2D eigenvalue weighted by Gasteiger charge is 2.62. The van der Waals surface area contributed by atoms with Gasteiger partial charge in [0, 0.05) is 7.11 Å². The minimum absolute atomic E-state index is 0.0597. The first kappa shape index (κ1) is 51.7. The SMILES string of the molecule is COC(=O)[C@@]1(OC[C@H]2O[C@H](OC)[C@H](OCc3ccccc3)[C@@H](OCc3ccccc3)[C@@H]2OCc2ccccc2)C[C@@H]2OC(=O)N[C@H]2[C@H]([C@H](OC(=O)CCl)[C@@H](COCc2ccccc2)OC(=O)CCl)O1. The Balaban J connectivity index is 1.23. The van der Waals surface area contributed by atoms with Crippen LogP contribution >= 0.6 is 23.2 Å². The van der Waals surface area contributed by atoms with Gasteiger partial charge in [-0.3, -0.25) is 9.59 Å². The molecule has 0 unspecified atom stereocenters. The number of nitrogens with one attached hydrogen (secondary N) is 1. The number of rotatable bonds is 24. The molecule has 0 bridgehead atoms. The van der Waals surface area contributed by atoms with E-state index in [-0.39, 0.29) is 33.0 Å². The molecule has 0 radical (unpaired) electrons. The minimum Gasteiger partial charge on any atom is -0.465 e. The number of carbonyl (C=O) groups excluding carboxylic acids is 4. The molecule has 7 rings (SSSR count). The highest BCUT2D eigenvalue weighted by molar-refractivity contribution is 6.26. The number of ether oxygens (including phenoxy) is 12.